The monoisotopic (exact) mass is 310 g/mol. The summed E-state index contributed by atoms with van der Waals surface area (Å²) in [6.07, 6.45) is 1.06. The average Bonchev–Trinajstić information content (AvgIpc) is 3.15. The van der Waals surface area contributed by atoms with E-state index in [0.29, 0.717) is 0 Å². The molecule has 1 heterocycles. The van der Waals surface area contributed by atoms with E-state index in [2.05, 4.69) is 10.6 Å². The maximum atomic E-state index is 12.5. The van der Waals surface area contributed by atoms with Gasteiger partial charge in [-0.05, 0) is 30.5 Å². The molecule has 4 nitrogen and oxygen atoms in total. The van der Waals surface area contributed by atoms with E-state index in [-0.39, 0.29) is 11.9 Å². The largest absolute Gasteiger partial charge is 0.386 e. The third kappa shape index (κ3) is 3.78. The average molecular weight is 310 g/mol. The van der Waals surface area contributed by atoms with Crippen molar-refractivity contribution < 1.29 is 9.90 Å². The second-order valence-corrected chi connectivity index (χ2v) is 5.90. The van der Waals surface area contributed by atoms with Crippen LogP contribution in [0.15, 0.2) is 60.7 Å². The standard InChI is InChI=1S/C19H22N2O2/c22-18(15-10-5-2-6-11-15)17(14-8-3-1-4-9-14)21-19(23)16-12-7-13-20-16/h1-6,8-11,16-18,20,22H,7,12-13H2,(H,21,23)/t16-,17?,18-/m0/s1. The van der Waals surface area contributed by atoms with E-state index in [1.165, 1.54) is 0 Å². The summed E-state index contributed by atoms with van der Waals surface area (Å²) in [6.45, 7) is 0.870. The van der Waals surface area contributed by atoms with Crippen LogP contribution in [0, 0.1) is 0 Å². The lowest BCUT2D eigenvalue weighted by Gasteiger charge is -2.26. The van der Waals surface area contributed by atoms with E-state index >= 15 is 0 Å². The molecular weight excluding hydrogens is 288 g/mol. The van der Waals surface area contributed by atoms with E-state index in [9.17, 15) is 9.90 Å². The quantitative estimate of drug-likeness (QED) is 0.794. The predicted molar refractivity (Wildman–Crippen MR) is 89.8 cm³/mol. The van der Waals surface area contributed by atoms with Gasteiger partial charge in [0.1, 0.15) is 6.10 Å². The Bertz CT molecular complexity index is 624. The minimum Gasteiger partial charge on any atom is -0.386 e. The van der Waals surface area contributed by atoms with Crippen molar-refractivity contribution in [2.24, 2.45) is 0 Å². The number of aliphatic hydroxyl groups excluding tert-OH is 1. The predicted octanol–water partition coefficient (Wildman–Crippen LogP) is 2.33. The molecule has 3 rings (SSSR count). The van der Waals surface area contributed by atoms with E-state index in [1.807, 2.05) is 60.7 Å². The maximum Gasteiger partial charge on any atom is 0.237 e. The molecule has 3 atom stereocenters. The summed E-state index contributed by atoms with van der Waals surface area (Å²) in [5.41, 5.74) is 1.69. The van der Waals surface area contributed by atoms with Gasteiger partial charge in [0, 0.05) is 0 Å². The van der Waals surface area contributed by atoms with Crippen LogP contribution >= 0.6 is 0 Å². The van der Waals surface area contributed by atoms with Gasteiger partial charge in [0.15, 0.2) is 0 Å². The van der Waals surface area contributed by atoms with Gasteiger partial charge >= 0.3 is 0 Å². The van der Waals surface area contributed by atoms with Gasteiger partial charge in [0.05, 0.1) is 12.1 Å². The number of benzene rings is 2. The molecule has 1 aliphatic rings. The number of hydrogen-bond acceptors (Lipinski definition) is 3. The molecule has 0 radical (unpaired) electrons. The molecule has 4 heteroatoms. The van der Waals surface area contributed by atoms with Crippen molar-refractivity contribution in [2.75, 3.05) is 6.54 Å². The summed E-state index contributed by atoms with van der Waals surface area (Å²) in [6, 6.07) is 18.4. The Balaban J connectivity index is 1.83. The highest BCUT2D eigenvalue weighted by atomic mass is 16.3. The summed E-state index contributed by atoms with van der Waals surface area (Å²) in [7, 11) is 0. The molecule has 2 aromatic rings. The van der Waals surface area contributed by atoms with Gasteiger partial charge in [0.25, 0.3) is 0 Å². The van der Waals surface area contributed by atoms with Gasteiger partial charge in [-0.25, -0.2) is 0 Å². The van der Waals surface area contributed by atoms with Crippen molar-refractivity contribution in [1.29, 1.82) is 0 Å². The minimum atomic E-state index is -0.788. The summed E-state index contributed by atoms with van der Waals surface area (Å²) in [4.78, 5) is 12.5. The van der Waals surface area contributed by atoms with Crippen LogP contribution < -0.4 is 10.6 Å². The Morgan fingerprint density at radius 3 is 2.22 bits per heavy atom. The van der Waals surface area contributed by atoms with Crippen LogP contribution in [-0.2, 0) is 4.79 Å². The summed E-state index contributed by atoms with van der Waals surface area (Å²) < 4.78 is 0. The lowest BCUT2D eigenvalue weighted by molar-refractivity contribution is -0.124. The van der Waals surface area contributed by atoms with Crippen molar-refractivity contribution in [1.82, 2.24) is 10.6 Å². The number of nitrogens with one attached hydrogen (secondary N) is 2. The highest BCUT2D eigenvalue weighted by Gasteiger charge is 2.29. The van der Waals surface area contributed by atoms with Crippen LogP contribution in [0.3, 0.4) is 0 Å². The molecule has 1 amide bonds. The van der Waals surface area contributed by atoms with Gasteiger partial charge in [-0.2, -0.15) is 0 Å². The van der Waals surface area contributed by atoms with Crippen LogP contribution in [-0.4, -0.2) is 23.6 Å². The van der Waals surface area contributed by atoms with Crippen LogP contribution in [0.1, 0.15) is 36.1 Å². The molecule has 1 fully saturated rings. The summed E-state index contributed by atoms with van der Waals surface area (Å²) >= 11 is 0. The number of carbonyl (C=O) groups excluding carboxylic acids is 1. The molecule has 0 spiro atoms. The number of carbonyl (C=O) groups is 1. The Kier molecular flexibility index (Phi) is 5.05. The Morgan fingerprint density at radius 1 is 1.04 bits per heavy atom. The van der Waals surface area contributed by atoms with Crippen molar-refractivity contribution in [3.8, 4) is 0 Å². The molecule has 0 aromatic heterocycles. The van der Waals surface area contributed by atoms with Crippen LogP contribution in [0.2, 0.25) is 0 Å². The van der Waals surface area contributed by atoms with E-state index in [0.717, 1.165) is 30.5 Å². The fourth-order valence-corrected chi connectivity index (χ4v) is 3.01. The zero-order valence-corrected chi connectivity index (χ0v) is 13.0. The number of amides is 1. The molecule has 0 bridgehead atoms. The highest BCUT2D eigenvalue weighted by Crippen LogP contribution is 2.29. The zero-order chi connectivity index (χ0) is 16.1. The second-order valence-electron chi connectivity index (χ2n) is 5.90. The number of hydrogen-bond donors (Lipinski definition) is 3. The van der Waals surface area contributed by atoms with Crippen LogP contribution in [0.4, 0.5) is 0 Å². The number of rotatable bonds is 5. The van der Waals surface area contributed by atoms with Crippen LogP contribution in [0.5, 0.6) is 0 Å². The van der Waals surface area contributed by atoms with Gasteiger partial charge in [-0.15, -0.1) is 0 Å². The maximum absolute atomic E-state index is 12.5. The first-order valence-corrected chi connectivity index (χ1v) is 8.07. The number of aliphatic hydroxyl groups is 1. The molecular formula is C19H22N2O2. The lowest BCUT2D eigenvalue weighted by atomic mass is 9.95. The molecule has 1 unspecified atom stereocenters. The third-order valence-electron chi connectivity index (χ3n) is 4.29. The van der Waals surface area contributed by atoms with E-state index in [4.69, 9.17) is 0 Å². The molecule has 1 aliphatic heterocycles. The molecule has 0 aliphatic carbocycles. The minimum absolute atomic E-state index is 0.0497. The molecule has 0 saturated carbocycles. The normalized spacial score (nSPS) is 20.0. The lowest BCUT2D eigenvalue weighted by Crippen LogP contribution is -2.43. The fourth-order valence-electron chi connectivity index (χ4n) is 3.01. The molecule has 1 saturated heterocycles. The molecule has 2 aromatic carbocycles. The smallest absolute Gasteiger partial charge is 0.237 e. The van der Waals surface area contributed by atoms with Gasteiger partial charge in [-0.3, -0.25) is 4.79 Å². The van der Waals surface area contributed by atoms with Crippen molar-refractivity contribution >= 4 is 5.91 Å². The SMILES string of the molecule is O=C(NC(c1ccccc1)[C@@H](O)c1ccccc1)[C@@H]1CCCN1. The zero-order valence-electron chi connectivity index (χ0n) is 13.0. The van der Waals surface area contributed by atoms with Crippen molar-refractivity contribution in [3.05, 3.63) is 71.8 Å². The van der Waals surface area contributed by atoms with Gasteiger partial charge in [-0.1, -0.05) is 60.7 Å². The Morgan fingerprint density at radius 2 is 1.65 bits per heavy atom. The first kappa shape index (κ1) is 15.7. The molecule has 3 N–H and O–H groups in total. The molecule has 23 heavy (non-hydrogen) atoms. The Labute approximate surface area is 136 Å². The van der Waals surface area contributed by atoms with Gasteiger partial charge < -0.3 is 15.7 Å². The second kappa shape index (κ2) is 7.40. The fraction of sp³-hybridized carbons (Fsp3) is 0.316. The van der Waals surface area contributed by atoms with Crippen molar-refractivity contribution in [2.45, 2.75) is 31.0 Å². The van der Waals surface area contributed by atoms with E-state index < -0.39 is 12.1 Å². The van der Waals surface area contributed by atoms with Crippen molar-refractivity contribution in [3.63, 3.8) is 0 Å². The summed E-state index contributed by atoms with van der Waals surface area (Å²) in [5.74, 6) is -0.0497. The third-order valence-corrected chi connectivity index (χ3v) is 4.29. The first-order valence-electron chi connectivity index (χ1n) is 8.07. The Hall–Kier alpha value is -2.17. The summed E-state index contributed by atoms with van der Waals surface area (Å²) in [5, 5.41) is 17.0. The van der Waals surface area contributed by atoms with Crippen LogP contribution in [0.25, 0.3) is 0 Å². The van der Waals surface area contributed by atoms with E-state index in [1.54, 1.807) is 0 Å². The topological polar surface area (TPSA) is 61.4 Å². The first-order chi connectivity index (χ1) is 11.3. The molecule has 120 valence electrons. The highest BCUT2D eigenvalue weighted by molar-refractivity contribution is 5.82. The van der Waals surface area contributed by atoms with Gasteiger partial charge in [0.2, 0.25) is 5.91 Å².